The number of nitrogens with one attached hydrogen (secondary N) is 1. The average Bonchev–Trinajstić information content (AvgIpc) is 3.16. The van der Waals surface area contributed by atoms with Crippen LogP contribution in [0.3, 0.4) is 0 Å². The molecule has 0 aromatic heterocycles. The molecule has 1 spiro atoms. The quantitative estimate of drug-likeness (QED) is 0.610. The van der Waals surface area contributed by atoms with E-state index in [4.69, 9.17) is 14.2 Å². The van der Waals surface area contributed by atoms with Crippen LogP contribution in [0.4, 0.5) is 4.79 Å². The minimum atomic E-state index is -1.05. The van der Waals surface area contributed by atoms with Crippen LogP contribution in [0.25, 0.3) is 0 Å². The first kappa shape index (κ1) is 24.0. The van der Waals surface area contributed by atoms with Gasteiger partial charge in [-0.15, -0.1) is 0 Å². The maximum atomic E-state index is 13.2. The molecule has 4 heterocycles. The summed E-state index contributed by atoms with van der Waals surface area (Å²) in [6.45, 7) is 1.25. The maximum absolute atomic E-state index is 13.2. The third-order valence-corrected chi connectivity index (χ3v) is 7.46. The van der Waals surface area contributed by atoms with Gasteiger partial charge >= 0.3 is 6.09 Å². The van der Waals surface area contributed by atoms with Crippen LogP contribution >= 0.6 is 0 Å². The second-order valence-corrected chi connectivity index (χ2v) is 9.89. The molecular formula is C27H25N3O8. The Balaban J connectivity index is 1.13. The highest BCUT2D eigenvalue weighted by Crippen LogP contribution is 2.43. The summed E-state index contributed by atoms with van der Waals surface area (Å²) in [6.07, 6.45) is 0.733. The number of hydrogen-bond acceptors (Lipinski definition) is 8. The normalized spacial score (nSPS) is 21.8. The van der Waals surface area contributed by atoms with Gasteiger partial charge in [-0.05, 0) is 24.1 Å². The number of ether oxygens (including phenoxy) is 3. The van der Waals surface area contributed by atoms with Gasteiger partial charge in [0.2, 0.25) is 11.8 Å². The zero-order chi connectivity index (χ0) is 26.4. The van der Waals surface area contributed by atoms with E-state index in [0.717, 1.165) is 10.5 Å². The minimum absolute atomic E-state index is 0.0475. The molecule has 1 N–H and O–H groups in total. The van der Waals surface area contributed by atoms with E-state index in [-0.39, 0.29) is 37.2 Å². The van der Waals surface area contributed by atoms with E-state index in [1.54, 1.807) is 4.90 Å². The molecule has 4 aliphatic rings. The van der Waals surface area contributed by atoms with Crippen molar-refractivity contribution in [2.75, 3.05) is 19.7 Å². The van der Waals surface area contributed by atoms with Crippen LogP contribution < -0.4 is 14.8 Å². The Bertz CT molecular complexity index is 1350. The summed E-state index contributed by atoms with van der Waals surface area (Å²) >= 11 is 0. The molecule has 1 unspecified atom stereocenters. The van der Waals surface area contributed by atoms with E-state index in [1.165, 1.54) is 12.1 Å². The zero-order valence-corrected chi connectivity index (χ0v) is 20.4. The van der Waals surface area contributed by atoms with Gasteiger partial charge in [-0.2, -0.15) is 0 Å². The van der Waals surface area contributed by atoms with Crippen molar-refractivity contribution in [1.29, 1.82) is 0 Å². The molecule has 196 valence electrons. The number of fused-ring (bicyclic) bond motifs is 2. The van der Waals surface area contributed by atoms with E-state index in [2.05, 4.69) is 5.32 Å². The van der Waals surface area contributed by atoms with Gasteiger partial charge in [-0.1, -0.05) is 30.3 Å². The average molecular weight is 520 g/mol. The van der Waals surface area contributed by atoms with E-state index in [1.807, 2.05) is 30.3 Å². The van der Waals surface area contributed by atoms with Crippen molar-refractivity contribution in [3.63, 3.8) is 0 Å². The molecule has 2 aromatic carbocycles. The Morgan fingerprint density at radius 1 is 1.00 bits per heavy atom. The van der Waals surface area contributed by atoms with E-state index >= 15 is 0 Å². The Kier molecular flexibility index (Phi) is 5.77. The van der Waals surface area contributed by atoms with Crippen LogP contribution in [0.15, 0.2) is 42.5 Å². The van der Waals surface area contributed by atoms with Gasteiger partial charge in [-0.25, -0.2) is 4.79 Å². The Hall–Kier alpha value is -4.41. The van der Waals surface area contributed by atoms with Crippen LogP contribution in [0.2, 0.25) is 0 Å². The number of carbonyl (C=O) groups excluding carboxylic acids is 5. The van der Waals surface area contributed by atoms with Gasteiger partial charge in [0.1, 0.15) is 24.9 Å². The molecule has 11 nitrogen and oxygen atoms in total. The molecule has 1 atom stereocenters. The van der Waals surface area contributed by atoms with Gasteiger partial charge in [0, 0.05) is 32.4 Å². The van der Waals surface area contributed by atoms with Crippen LogP contribution in [-0.4, -0.2) is 70.9 Å². The molecule has 5 amide bonds. The highest BCUT2D eigenvalue weighted by atomic mass is 16.6. The Labute approximate surface area is 217 Å². The molecule has 4 aliphatic heterocycles. The second-order valence-electron chi connectivity index (χ2n) is 9.89. The number of nitrogens with zero attached hydrogens (tertiary/aromatic N) is 2. The summed E-state index contributed by atoms with van der Waals surface area (Å²) in [6, 6.07) is 11.4. The molecule has 11 heteroatoms. The monoisotopic (exact) mass is 519 g/mol. The summed E-state index contributed by atoms with van der Waals surface area (Å²) in [5.74, 6) is -1.64. The lowest BCUT2D eigenvalue weighted by Crippen LogP contribution is -2.54. The third kappa shape index (κ3) is 4.13. The molecule has 2 aromatic rings. The lowest BCUT2D eigenvalue weighted by molar-refractivity contribution is -0.136. The van der Waals surface area contributed by atoms with Gasteiger partial charge < -0.3 is 19.1 Å². The van der Waals surface area contributed by atoms with Crippen molar-refractivity contribution >= 4 is 29.7 Å². The van der Waals surface area contributed by atoms with Gasteiger partial charge in [-0.3, -0.25) is 29.4 Å². The first-order valence-corrected chi connectivity index (χ1v) is 12.5. The summed E-state index contributed by atoms with van der Waals surface area (Å²) in [5, 5.41) is 2.19. The Morgan fingerprint density at radius 2 is 1.68 bits per heavy atom. The molecule has 0 aliphatic carbocycles. The van der Waals surface area contributed by atoms with Crippen molar-refractivity contribution in [3.05, 3.63) is 59.2 Å². The number of imide groups is 2. The van der Waals surface area contributed by atoms with Crippen LogP contribution in [0, 0.1) is 0 Å². The number of benzene rings is 2. The predicted molar refractivity (Wildman–Crippen MR) is 129 cm³/mol. The highest BCUT2D eigenvalue weighted by Gasteiger charge is 2.47. The first-order chi connectivity index (χ1) is 18.3. The number of rotatable bonds is 3. The number of carbonyl (C=O) groups is 5. The molecule has 0 saturated carbocycles. The fraction of sp³-hybridized carbons (Fsp3) is 0.370. The highest BCUT2D eigenvalue weighted by molar-refractivity contribution is 6.23. The van der Waals surface area contributed by atoms with Crippen molar-refractivity contribution in [3.8, 4) is 11.5 Å². The van der Waals surface area contributed by atoms with Gasteiger partial charge in [0.25, 0.3) is 11.8 Å². The lowest BCUT2D eigenvalue weighted by Gasteiger charge is -2.43. The van der Waals surface area contributed by atoms with Crippen molar-refractivity contribution in [2.24, 2.45) is 0 Å². The topological polar surface area (TPSA) is 132 Å². The standard InChI is InChI=1S/C27H25N3O8/c31-22-7-6-19(23(32)28-22)30-24(33)17-12-20-21(13-18(17)25(30)34)38-27(15-37-20)8-10-29(11-9-27)26(35)36-14-16-4-2-1-3-5-16/h1-5,12-13,19H,6-11,14-15H2,(H,28,31,32). The molecule has 38 heavy (non-hydrogen) atoms. The van der Waals surface area contributed by atoms with Crippen LogP contribution in [0.5, 0.6) is 11.5 Å². The van der Waals surface area contributed by atoms with E-state index in [9.17, 15) is 24.0 Å². The molecule has 2 saturated heterocycles. The fourth-order valence-corrected chi connectivity index (χ4v) is 5.30. The number of piperidine rings is 2. The van der Waals surface area contributed by atoms with Crippen molar-refractivity contribution in [1.82, 2.24) is 15.1 Å². The largest absolute Gasteiger partial charge is 0.485 e. The van der Waals surface area contributed by atoms with Crippen molar-refractivity contribution < 1.29 is 38.2 Å². The molecular weight excluding hydrogens is 494 g/mol. The lowest BCUT2D eigenvalue weighted by atomic mass is 9.91. The van der Waals surface area contributed by atoms with Crippen molar-refractivity contribution in [2.45, 2.75) is 43.9 Å². The Morgan fingerprint density at radius 3 is 2.37 bits per heavy atom. The summed E-state index contributed by atoms with van der Waals surface area (Å²) in [7, 11) is 0. The minimum Gasteiger partial charge on any atom is -0.485 e. The summed E-state index contributed by atoms with van der Waals surface area (Å²) in [4.78, 5) is 65.1. The van der Waals surface area contributed by atoms with E-state index < -0.39 is 41.4 Å². The molecule has 0 bridgehead atoms. The summed E-state index contributed by atoms with van der Waals surface area (Å²) < 4.78 is 17.7. The number of hydrogen-bond donors (Lipinski definition) is 1. The number of amides is 5. The summed E-state index contributed by atoms with van der Waals surface area (Å²) in [5.41, 5.74) is 0.480. The maximum Gasteiger partial charge on any atom is 0.410 e. The first-order valence-electron chi connectivity index (χ1n) is 12.5. The fourth-order valence-electron chi connectivity index (χ4n) is 5.30. The third-order valence-electron chi connectivity index (χ3n) is 7.46. The SMILES string of the molecule is O=C1CCC(N2C(=O)c3cc4c(cc3C2=O)OC2(CCN(C(=O)OCc3ccccc3)CC2)CO4)C(=O)N1. The van der Waals surface area contributed by atoms with Crippen LogP contribution in [-0.2, 0) is 20.9 Å². The number of likely N-dealkylation sites (tertiary alicyclic amines) is 1. The van der Waals surface area contributed by atoms with Gasteiger partial charge in [0.15, 0.2) is 11.5 Å². The van der Waals surface area contributed by atoms with Gasteiger partial charge in [0.05, 0.1) is 11.1 Å². The molecule has 0 radical (unpaired) electrons. The second kappa shape index (κ2) is 9.16. The van der Waals surface area contributed by atoms with E-state index in [0.29, 0.717) is 37.4 Å². The molecule has 2 fully saturated rings. The smallest absolute Gasteiger partial charge is 0.410 e. The predicted octanol–water partition coefficient (Wildman–Crippen LogP) is 2.03. The molecule has 6 rings (SSSR count). The zero-order valence-electron chi connectivity index (χ0n) is 20.4. The van der Waals surface area contributed by atoms with Crippen LogP contribution in [0.1, 0.15) is 52.0 Å².